The van der Waals surface area contributed by atoms with E-state index in [1.165, 1.54) is 12.8 Å². The predicted octanol–water partition coefficient (Wildman–Crippen LogP) is 4.27. The Morgan fingerprint density at radius 1 is 1.15 bits per heavy atom. The summed E-state index contributed by atoms with van der Waals surface area (Å²) in [5.74, 6) is 0.152. The van der Waals surface area contributed by atoms with Gasteiger partial charge in [0.25, 0.3) is 0 Å². The molecule has 0 spiro atoms. The minimum Gasteiger partial charge on any atom is -0.485 e. The molecule has 3 rings (SSSR count). The molecule has 0 radical (unpaired) electrons. The van der Waals surface area contributed by atoms with Crippen molar-refractivity contribution in [3.8, 4) is 5.75 Å². The number of nitrogens with zero attached hydrogens (tertiary/aromatic N) is 1. The third-order valence-electron chi connectivity index (χ3n) is 4.50. The fourth-order valence-corrected chi connectivity index (χ4v) is 3.15. The van der Waals surface area contributed by atoms with Crippen molar-refractivity contribution >= 4 is 11.8 Å². The summed E-state index contributed by atoms with van der Waals surface area (Å²) >= 11 is 0. The third-order valence-corrected chi connectivity index (χ3v) is 4.50. The zero-order valence-corrected chi connectivity index (χ0v) is 15.7. The number of hydrogen-bond donors (Lipinski definition) is 0. The highest BCUT2D eigenvalue weighted by Gasteiger charge is 2.28. The van der Waals surface area contributed by atoms with Gasteiger partial charge in [0.2, 0.25) is 5.78 Å². The lowest BCUT2D eigenvalue weighted by Gasteiger charge is -2.09. The minimum atomic E-state index is -0.366. The van der Waals surface area contributed by atoms with Gasteiger partial charge >= 0.3 is 5.97 Å². The first kappa shape index (κ1) is 18.2. The molecule has 1 aliphatic carbocycles. The summed E-state index contributed by atoms with van der Waals surface area (Å²) in [7, 11) is 0. The van der Waals surface area contributed by atoms with E-state index in [-0.39, 0.29) is 24.5 Å². The number of ketones is 1. The van der Waals surface area contributed by atoms with Crippen LogP contribution >= 0.6 is 0 Å². The summed E-state index contributed by atoms with van der Waals surface area (Å²) in [6.45, 7) is 7.62. The molecule has 1 aromatic carbocycles. The molecule has 0 atom stereocenters. The number of benzene rings is 1. The molecule has 0 unspecified atom stereocenters. The molecule has 26 heavy (non-hydrogen) atoms. The largest absolute Gasteiger partial charge is 0.485 e. The van der Waals surface area contributed by atoms with Crippen molar-refractivity contribution in [1.82, 2.24) is 4.57 Å². The van der Waals surface area contributed by atoms with Gasteiger partial charge in [-0.05, 0) is 70.9 Å². The number of Topliss-reactive ketones (excluding diaryl/α,β-unsaturated/α-hetero) is 1. The first-order valence-corrected chi connectivity index (χ1v) is 9.02. The van der Waals surface area contributed by atoms with Crippen LogP contribution in [0.4, 0.5) is 0 Å². The number of carbonyl (C=O) groups is 2. The van der Waals surface area contributed by atoms with Crippen LogP contribution in [-0.2, 0) is 4.74 Å². The molecule has 0 amide bonds. The highest BCUT2D eigenvalue weighted by Crippen LogP contribution is 2.38. The summed E-state index contributed by atoms with van der Waals surface area (Å²) in [6.07, 6.45) is 2.21. The zero-order valence-electron chi connectivity index (χ0n) is 15.7. The Kier molecular flexibility index (Phi) is 5.16. The topological polar surface area (TPSA) is 57.5 Å². The van der Waals surface area contributed by atoms with Crippen LogP contribution in [0.3, 0.4) is 0 Å². The van der Waals surface area contributed by atoms with Gasteiger partial charge in [0.15, 0.2) is 6.61 Å². The zero-order chi connectivity index (χ0) is 18.8. The van der Waals surface area contributed by atoms with Crippen LogP contribution in [0.25, 0.3) is 0 Å². The van der Waals surface area contributed by atoms with E-state index in [4.69, 9.17) is 9.47 Å². The Hall–Kier alpha value is -2.56. The van der Waals surface area contributed by atoms with Crippen molar-refractivity contribution in [2.24, 2.45) is 0 Å². The summed E-state index contributed by atoms with van der Waals surface area (Å²) in [5.41, 5.74) is 3.34. The molecule has 1 aromatic heterocycles. The van der Waals surface area contributed by atoms with Crippen LogP contribution in [0.15, 0.2) is 30.3 Å². The van der Waals surface area contributed by atoms with E-state index in [1.54, 1.807) is 38.1 Å². The minimum absolute atomic E-state index is 0.0231. The van der Waals surface area contributed by atoms with Gasteiger partial charge in [0.1, 0.15) is 5.75 Å². The normalized spacial score (nSPS) is 13.7. The fraction of sp³-hybridized carbons (Fsp3) is 0.429. The first-order chi connectivity index (χ1) is 12.4. The molecule has 5 heteroatoms. The second kappa shape index (κ2) is 7.36. The van der Waals surface area contributed by atoms with E-state index < -0.39 is 0 Å². The van der Waals surface area contributed by atoms with Gasteiger partial charge in [-0.1, -0.05) is 0 Å². The maximum Gasteiger partial charge on any atom is 0.338 e. The second-order valence-electron chi connectivity index (χ2n) is 7.08. The van der Waals surface area contributed by atoms with Crippen molar-refractivity contribution < 1.29 is 19.1 Å². The Morgan fingerprint density at radius 3 is 2.38 bits per heavy atom. The van der Waals surface area contributed by atoms with Crippen molar-refractivity contribution in [1.29, 1.82) is 0 Å². The van der Waals surface area contributed by atoms with Crippen LogP contribution in [0.2, 0.25) is 0 Å². The molecule has 1 saturated carbocycles. The van der Waals surface area contributed by atoms with Crippen LogP contribution in [-0.4, -0.2) is 29.0 Å². The van der Waals surface area contributed by atoms with Gasteiger partial charge < -0.3 is 14.0 Å². The highest BCUT2D eigenvalue weighted by molar-refractivity contribution is 5.98. The van der Waals surface area contributed by atoms with E-state index in [9.17, 15) is 9.59 Å². The Labute approximate surface area is 153 Å². The molecule has 2 aromatic rings. The Morgan fingerprint density at radius 2 is 1.81 bits per heavy atom. The molecular formula is C21H25NO4. The molecule has 1 fully saturated rings. The number of hydrogen-bond acceptors (Lipinski definition) is 4. The molecule has 138 valence electrons. The van der Waals surface area contributed by atoms with Crippen LogP contribution < -0.4 is 4.74 Å². The standard InChI is InChI=1S/C21H25NO4/c1-13(2)26-21(24)16-5-9-18(10-6-16)25-12-20(23)19-11-14(3)22(15(19)4)17-7-8-17/h5-6,9-11,13,17H,7-8,12H2,1-4H3. The van der Waals surface area contributed by atoms with Crippen molar-refractivity contribution in [3.63, 3.8) is 0 Å². The fourth-order valence-electron chi connectivity index (χ4n) is 3.15. The van der Waals surface area contributed by atoms with Gasteiger partial charge in [-0.25, -0.2) is 4.79 Å². The lowest BCUT2D eigenvalue weighted by molar-refractivity contribution is 0.0377. The van der Waals surface area contributed by atoms with E-state index >= 15 is 0 Å². The SMILES string of the molecule is Cc1cc(C(=O)COc2ccc(C(=O)OC(C)C)cc2)c(C)n1C1CC1. The average molecular weight is 355 g/mol. The second-order valence-corrected chi connectivity index (χ2v) is 7.08. The number of carbonyl (C=O) groups excluding carboxylic acids is 2. The van der Waals surface area contributed by atoms with Gasteiger partial charge in [-0.3, -0.25) is 4.79 Å². The highest BCUT2D eigenvalue weighted by atomic mass is 16.5. The van der Waals surface area contributed by atoms with E-state index in [0.29, 0.717) is 17.4 Å². The van der Waals surface area contributed by atoms with Crippen molar-refractivity contribution in [2.45, 2.75) is 52.7 Å². The summed E-state index contributed by atoms with van der Waals surface area (Å²) in [4.78, 5) is 24.4. The predicted molar refractivity (Wildman–Crippen MR) is 99.0 cm³/mol. The Bertz CT molecular complexity index is 813. The molecule has 0 bridgehead atoms. The van der Waals surface area contributed by atoms with Crippen LogP contribution in [0.5, 0.6) is 5.75 Å². The molecule has 0 N–H and O–H groups in total. The lowest BCUT2D eigenvalue weighted by Crippen LogP contribution is -2.13. The van der Waals surface area contributed by atoms with Crippen molar-refractivity contribution in [2.75, 3.05) is 6.61 Å². The molecular weight excluding hydrogens is 330 g/mol. The number of aryl methyl sites for hydroxylation is 1. The summed E-state index contributed by atoms with van der Waals surface area (Å²) in [6, 6.07) is 9.14. The molecule has 0 aliphatic heterocycles. The molecule has 0 saturated heterocycles. The van der Waals surface area contributed by atoms with E-state index in [0.717, 1.165) is 17.0 Å². The maximum absolute atomic E-state index is 12.5. The lowest BCUT2D eigenvalue weighted by atomic mass is 10.1. The van der Waals surface area contributed by atoms with Crippen LogP contribution in [0, 0.1) is 13.8 Å². The van der Waals surface area contributed by atoms with Crippen LogP contribution in [0.1, 0.15) is 64.8 Å². The van der Waals surface area contributed by atoms with E-state index in [1.807, 2.05) is 19.9 Å². The van der Waals surface area contributed by atoms with Gasteiger partial charge in [0.05, 0.1) is 11.7 Å². The quantitative estimate of drug-likeness (QED) is 0.550. The first-order valence-electron chi connectivity index (χ1n) is 9.02. The molecule has 5 nitrogen and oxygen atoms in total. The van der Waals surface area contributed by atoms with Gasteiger partial charge in [-0.2, -0.15) is 0 Å². The smallest absolute Gasteiger partial charge is 0.338 e. The number of ether oxygens (including phenoxy) is 2. The number of rotatable bonds is 7. The van der Waals surface area contributed by atoms with Crippen molar-refractivity contribution in [3.05, 3.63) is 52.8 Å². The molecule has 1 aliphatic rings. The monoisotopic (exact) mass is 355 g/mol. The third kappa shape index (κ3) is 3.98. The summed E-state index contributed by atoms with van der Waals surface area (Å²) in [5, 5.41) is 0. The van der Waals surface area contributed by atoms with E-state index in [2.05, 4.69) is 4.57 Å². The van der Waals surface area contributed by atoms with Gasteiger partial charge in [0, 0.05) is 23.0 Å². The van der Waals surface area contributed by atoms with Gasteiger partial charge in [-0.15, -0.1) is 0 Å². The summed E-state index contributed by atoms with van der Waals surface area (Å²) < 4.78 is 13.0. The Balaban J connectivity index is 1.61. The maximum atomic E-state index is 12.5. The number of esters is 1. The number of aromatic nitrogens is 1. The molecule has 1 heterocycles. The average Bonchev–Trinajstić information content (AvgIpc) is 3.37.